The fraction of sp³-hybridized carbons (Fsp3) is 0. The largest absolute Gasteiger partial charge is 0.490 e. The first-order chi connectivity index (χ1) is 20.2. The van der Waals surface area contributed by atoms with Crippen molar-refractivity contribution in [1.29, 1.82) is 0 Å². The molecule has 3 nitrogen and oxygen atoms in total. The standard InChI is InChI=1S/C36H30BNO2Si/c39-37(40)35-27-29(23-26-36(35)38-30-13-5-1-6-14-30)28-21-24-34(25-22-28)41(31-15-7-2-8-16-31,32-17-9-3-10-18-32)33-19-11-4-12-20-33/h1-27,38-40H. The summed E-state index contributed by atoms with van der Waals surface area (Å²) in [4.78, 5) is 0. The Balaban J connectivity index is 1.46. The molecule has 0 aliphatic carbocycles. The first-order valence-electron chi connectivity index (χ1n) is 13.8. The molecule has 5 heteroatoms. The smallest absolute Gasteiger partial charge is 0.423 e. The van der Waals surface area contributed by atoms with Crippen LogP contribution in [0.25, 0.3) is 11.1 Å². The van der Waals surface area contributed by atoms with E-state index in [-0.39, 0.29) is 0 Å². The second-order valence-corrected chi connectivity index (χ2v) is 13.9. The van der Waals surface area contributed by atoms with Gasteiger partial charge in [0, 0.05) is 16.8 Å². The predicted octanol–water partition coefficient (Wildman–Crippen LogP) is 4.15. The highest BCUT2D eigenvalue weighted by Crippen LogP contribution is 2.23. The van der Waals surface area contributed by atoms with Crippen LogP contribution in [0.5, 0.6) is 0 Å². The average molecular weight is 548 g/mol. The maximum absolute atomic E-state index is 10.2. The van der Waals surface area contributed by atoms with Crippen molar-refractivity contribution in [2.24, 2.45) is 0 Å². The van der Waals surface area contributed by atoms with Gasteiger partial charge in [0.25, 0.3) is 0 Å². The third kappa shape index (κ3) is 5.26. The van der Waals surface area contributed by atoms with E-state index in [0.29, 0.717) is 11.2 Å². The van der Waals surface area contributed by atoms with Gasteiger partial charge in [0.2, 0.25) is 0 Å². The zero-order valence-corrected chi connectivity index (χ0v) is 23.6. The Hall–Kier alpha value is -4.68. The van der Waals surface area contributed by atoms with Crippen LogP contribution >= 0.6 is 0 Å². The lowest BCUT2D eigenvalue weighted by Gasteiger charge is -2.34. The van der Waals surface area contributed by atoms with E-state index in [9.17, 15) is 10.0 Å². The van der Waals surface area contributed by atoms with Crippen LogP contribution in [0.3, 0.4) is 0 Å². The van der Waals surface area contributed by atoms with Crippen molar-refractivity contribution in [2.75, 3.05) is 5.32 Å². The fourth-order valence-electron chi connectivity index (χ4n) is 5.72. The molecule has 6 aromatic rings. The Morgan fingerprint density at radius 3 is 1.32 bits per heavy atom. The summed E-state index contributed by atoms with van der Waals surface area (Å²) < 4.78 is 0. The minimum absolute atomic E-state index is 0.428. The summed E-state index contributed by atoms with van der Waals surface area (Å²) in [6.45, 7) is 0. The Labute approximate surface area is 242 Å². The van der Waals surface area contributed by atoms with Crippen LogP contribution in [-0.4, -0.2) is 25.2 Å². The van der Waals surface area contributed by atoms with Crippen molar-refractivity contribution in [3.05, 3.63) is 164 Å². The molecule has 0 saturated carbocycles. The summed E-state index contributed by atoms with van der Waals surface area (Å²) in [5.41, 5.74) is 3.91. The molecule has 198 valence electrons. The molecule has 0 radical (unpaired) electrons. The molecule has 0 heterocycles. The Morgan fingerprint density at radius 1 is 0.439 bits per heavy atom. The van der Waals surface area contributed by atoms with Gasteiger partial charge in [-0.2, -0.15) is 0 Å². The van der Waals surface area contributed by atoms with Crippen LogP contribution < -0.4 is 31.5 Å². The molecular weight excluding hydrogens is 517 g/mol. The van der Waals surface area contributed by atoms with Gasteiger partial charge in [-0.3, -0.25) is 0 Å². The summed E-state index contributed by atoms with van der Waals surface area (Å²) in [5.74, 6) is 0. The number of hydrogen-bond acceptors (Lipinski definition) is 3. The highest BCUT2D eigenvalue weighted by Gasteiger charge is 2.41. The van der Waals surface area contributed by atoms with Crippen LogP contribution in [-0.2, 0) is 0 Å². The first kappa shape index (κ1) is 26.5. The monoisotopic (exact) mass is 547 g/mol. The molecule has 0 fully saturated rings. The molecule has 6 aromatic carbocycles. The van der Waals surface area contributed by atoms with Gasteiger partial charge in [0.1, 0.15) is 0 Å². The lowest BCUT2D eigenvalue weighted by molar-refractivity contribution is 0.426. The molecule has 0 atom stereocenters. The summed E-state index contributed by atoms with van der Waals surface area (Å²) in [6.07, 6.45) is 0. The van der Waals surface area contributed by atoms with Crippen molar-refractivity contribution < 1.29 is 10.0 Å². The van der Waals surface area contributed by atoms with Crippen LogP contribution in [0.1, 0.15) is 0 Å². The van der Waals surface area contributed by atoms with E-state index in [1.54, 1.807) is 0 Å². The van der Waals surface area contributed by atoms with E-state index >= 15 is 0 Å². The maximum Gasteiger partial charge on any atom is 0.490 e. The number of hydrogen-bond donors (Lipinski definition) is 3. The second-order valence-electron chi connectivity index (χ2n) is 10.1. The minimum Gasteiger partial charge on any atom is -0.423 e. The number of rotatable bonds is 8. The van der Waals surface area contributed by atoms with Crippen molar-refractivity contribution >= 4 is 52.8 Å². The Morgan fingerprint density at radius 2 is 0.854 bits per heavy atom. The molecule has 3 N–H and O–H groups in total. The second kappa shape index (κ2) is 11.8. The highest BCUT2D eigenvalue weighted by atomic mass is 28.3. The van der Waals surface area contributed by atoms with Gasteiger partial charge < -0.3 is 15.4 Å². The summed E-state index contributed by atoms with van der Waals surface area (Å²) in [5, 5.41) is 29.0. The van der Waals surface area contributed by atoms with Crippen molar-refractivity contribution in [3.8, 4) is 11.1 Å². The van der Waals surface area contributed by atoms with Gasteiger partial charge in [-0.15, -0.1) is 0 Å². The van der Waals surface area contributed by atoms with Gasteiger partial charge in [0.15, 0.2) is 8.07 Å². The van der Waals surface area contributed by atoms with Gasteiger partial charge in [-0.25, -0.2) is 0 Å². The predicted molar refractivity (Wildman–Crippen MR) is 175 cm³/mol. The normalized spacial score (nSPS) is 11.2. The summed E-state index contributed by atoms with van der Waals surface area (Å²) in [6, 6.07) is 56.8. The molecule has 0 saturated heterocycles. The van der Waals surface area contributed by atoms with E-state index in [4.69, 9.17) is 0 Å². The maximum atomic E-state index is 10.2. The molecule has 0 spiro atoms. The van der Waals surface area contributed by atoms with Crippen molar-refractivity contribution in [3.63, 3.8) is 0 Å². The highest BCUT2D eigenvalue weighted by molar-refractivity contribution is 7.19. The molecule has 0 bridgehead atoms. The van der Waals surface area contributed by atoms with Gasteiger partial charge >= 0.3 is 7.12 Å². The SMILES string of the molecule is OB(O)c1cc(-c2ccc([Si](c3ccccc3)(c3ccccc3)c3ccccc3)cc2)ccc1Nc1ccccc1. The lowest BCUT2D eigenvalue weighted by Crippen LogP contribution is -2.74. The molecular formula is C36H30BNO2Si. The van der Waals surface area contributed by atoms with Crippen LogP contribution in [0, 0.1) is 0 Å². The third-order valence-corrected chi connectivity index (χ3v) is 12.5. The van der Waals surface area contributed by atoms with Crippen LogP contribution in [0.4, 0.5) is 11.4 Å². The van der Waals surface area contributed by atoms with E-state index < -0.39 is 15.2 Å². The zero-order valence-electron chi connectivity index (χ0n) is 22.6. The van der Waals surface area contributed by atoms with Crippen LogP contribution in [0.2, 0.25) is 0 Å². The summed E-state index contributed by atoms with van der Waals surface area (Å²) >= 11 is 0. The number of benzene rings is 6. The van der Waals surface area contributed by atoms with Crippen molar-refractivity contribution in [1.82, 2.24) is 0 Å². The van der Waals surface area contributed by atoms with Gasteiger partial charge in [0.05, 0.1) is 0 Å². The van der Waals surface area contributed by atoms with E-state index in [0.717, 1.165) is 16.8 Å². The zero-order chi connectivity index (χ0) is 28.1. The van der Waals surface area contributed by atoms with Crippen molar-refractivity contribution in [2.45, 2.75) is 0 Å². The quantitative estimate of drug-likeness (QED) is 0.198. The van der Waals surface area contributed by atoms with Gasteiger partial charge in [-0.05, 0) is 50.1 Å². The fourth-order valence-corrected chi connectivity index (χ4v) is 10.5. The number of para-hydroxylation sites is 1. The molecule has 0 amide bonds. The molecule has 0 aliphatic rings. The Kier molecular flexibility index (Phi) is 7.65. The summed E-state index contributed by atoms with van der Waals surface area (Å²) in [7, 11) is -4.20. The first-order valence-corrected chi connectivity index (χ1v) is 15.8. The van der Waals surface area contributed by atoms with Crippen LogP contribution in [0.15, 0.2) is 164 Å². The molecule has 41 heavy (non-hydrogen) atoms. The van der Waals surface area contributed by atoms with E-state index in [1.807, 2.05) is 48.5 Å². The third-order valence-electron chi connectivity index (χ3n) is 7.65. The average Bonchev–Trinajstić information content (AvgIpc) is 3.04. The Bertz CT molecular complexity index is 1620. The van der Waals surface area contributed by atoms with Gasteiger partial charge in [-0.1, -0.05) is 146 Å². The number of nitrogens with one attached hydrogen (secondary N) is 1. The molecule has 0 unspecified atom stereocenters. The lowest BCUT2D eigenvalue weighted by atomic mass is 9.77. The molecule has 6 rings (SSSR count). The number of anilines is 2. The van der Waals surface area contributed by atoms with E-state index in [2.05, 4.69) is 121 Å². The molecule has 0 aromatic heterocycles. The molecule has 0 aliphatic heterocycles. The topological polar surface area (TPSA) is 52.5 Å². The minimum atomic E-state index is -2.59. The van der Waals surface area contributed by atoms with E-state index in [1.165, 1.54) is 20.7 Å².